The van der Waals surface area contributed by atoms with Gasteiger partial charge in [0.15, 0.2) is 6.61 Å². The number of benzene rings is 1. The van der Waals surface area contributed by atoms with Crippen molar-refractivity contribution in [3.05, 3.63) is 64.4 Å². The molecule has 0 atom stereocenters. The molecule has 0 saturated heterocycles. The molecule has 0 aliphatic heterocycles. The van der Waals surface area contributed by atoms with Crippen LogP contribution in [0.4, 0.5) is 0 Å². The van der Waals surface area contributed by atoms with Crippen molar-refractivity contribution >= 4 is 39.8 Å². The van der Waals surface area contributed by atoms with Crippen LogP contribution in [0, 0.1) is 0 Å². The van der Waals surface area contributed by atoms with Crippen LogP contribution >= 0.6 is 15.9 Å². The van der Waals surface area contributed by atoms with Crippen molar-refractivity contribution in [1.82, 2.24) is 9.88 Å². The second-order valence-corrected chi connectivity index (χ2v) is 5.79. The molecule has 0 bridgehead atoms. The predicted molar refractivity (Wildman–Crippen MR) is 92.0 cm³/mol. The molecule has 124 valence electrons. The van der Waals surface area contributed by atoms with Crippen molar-refractivity contribution in [2.45, 2.75) is 0 Å². The molecular weight excluding hydrogens is 376 g/mol. The summed E-state index contributed by atoms with van der Waals surface area (Å²) in [5.74, 6) is -1.90. The molecule has 2 rings (SSSR count). The number of carbonyl (C=O) groups excluding carboxylic acids is 3. The van der Waals surface area contributed by atoms with Gasteiger partial charge in [0.25, 0.3) is 11.8 Å². The molecule has 2 amide bonds. The molecule has 1 N–H and O–H groups in total. The second-order valence-electron chi connectivity index (χ2n) is 4.87. The van der Waals surface area contributed by atoms with Gasteiger partial charge in [0.05, 0.1) is 0 Å². The molecule has 0 aliphatic carbocycles. The van der Waals surface area contributed by atoms with Crippen molar-refractivity contribution in [3.8, 4) is 0 Å². The fraction of sp³-hybridized carbons (Fsp3) is 0.118. The highest BCUT2D eigenvalue weighted by Gasteiger charge is 2.13. The number of rotatable bonds is 5. The Balaban J connectivity index is 1.79. The van der Waals surface area contributed by atoms with E-state index >= 15 is 0 Å². The number of esters is 1. The summed E-state index contributed by atoms with van der Waals surface area (Å²) in [6, 6.07) is 10.6. The van der Waals surface area contributed by atoms with Crippen LogP contribution in [0.25, 0.3) is 6.08 Å². The number of hydrogen-bond donors (Lipinski definition) is 1. The third kappa shape index (κ3) is 5.20. The summed E-state index contributed by atoms with van der Waals surface area (Å²) in [5.41, 5.74) is 1.16. The van der Waals surface area contributed by atoms with Gasteiger partial charge in [-0.25, -0.2) is 4.79 Å². The van der Waals surface area contributed by atoms with Crippen LogP contribution in [-0.2, 0) is 21.4 Å². The Morgan fingerprint density at radius 2 is 1.92 bits per heavy atom. The first-order valence-electron chi connectivity index (χ1n) is 7.01. The average Bonchev–Trinajstić information content (AvgIpc) is 2.98. The van der Waals surface area contributed by atoms with Crippen molar-refractivity contribution in [2.24, 2.45) is 7.05 Å². The normalized spacial score (nSPS) is 10.6. The Bertz CT molecular complexity index is 778. The lowest BCUT2D eigenvalue weighted by molar-refractivity contribution is -0.143. The van der Waals surface area contributed by atoms with E-state index in [2.05, 4.69) is 21.2 Å². The van der Waals surface area contributed by atoms with Crippen LogP contribution in [-0.4, -0.2) is 29.0 Å². The van der Waals surface area contributed by atoms with Crippen LogP contribution < -0.4 is 5.32 Å². The maximum atomic E-state index is 11.8. The highest BCUT2D eigenvalue weighted by atomic mass is 79.9. The highest BCUT2D eigenvalue weighted by Crippen LogP contribution is 2.11. The van der Waals surface area contributed by atoms with Gasteiger partial charge in [0, 0.05) is 23.8 Å². The number of imide groups is 1. The molecule has 2 aromatic rings. The van der Waals surface area contributed by atoms with E-state index in [1.54, 1.807) is 36.0 Å². The molecule has 7 heteroatoms. The van der Waals surface area contributed by atoms with Crippen molar-refractivity contribution in [1.29, 1.82) is 0 Å². The smallest absolute Gasteiger partial charge is 0.331 e. The zero-order chi connectivity index (χ0) is 17.5. The van der Waals surface area contributed by atoms with Crippen molar-refractivity contribution in [3.63, 3.8) is 0 Å². The molecule has 1 aromatic carbocycles. The summed E-state index contributed by atoms with van der Waals surface area (Å²) in [6.45, 7) is -0.528. The first kappa shape index (κ1) is 17.7. The van der Waals surface area contributed by atoms with E-state index < -0.39 is 24.4 Å². The molecule has 24 heavy (non-hydrogen) atoms. The number of nitrogens with one attached hydrogen (secondary N) is 1. The van der Waals surface area contributed by atoms with Crippen molar-refractivity contribution < 1.29 is 19.1 Å². The number of aryl methyl sites for hydroxylation is 1. The highest BCUT2D eigenvalue weighted by molar-refractivity contribution is 9.10. The Morgan fingerprint density at radius 3 is 2.54 bits per heavy atom. The maximum absolute atomic E-state index is 11.8. The Morgan fingerprint density at radius 1 is 1.21 bits per heavy atom. The lowest BCUT2D eigenvalue weighted by Gasteiger charge is -2.05. The maximum Gasteiger partial charge on any atom is 0.331 e. The molecule has 0 spiro atoms. The van der Waals surface area contributed by atoms with E-state index in [0.29, 0.717) is 5.69 Å². The van der Waals surface area contributed by atoms with Gasteiger partial charge in [-0.05, 0) is 35.9 Å². The molecule has 0 unspecified atom stereocenters. The molecule has 0 radical (unpaired) electrons. The molecule has 0 aliphatic rings. The lowest BCUT2D eigenvalue weighted by Crippen LogP contribution is -2.34. The number of carbonyl (C=O) groups is 3. The van der Waals surface area contributed by atoms with E-state index in [-0.39, 0.29) is 0 Å². The minimum Gasteiger partial charge on any atom is -0.452 e. The van der Waals surface area contributed by atoms with Gasteiger partial charge in [-0.15, -0.1) is 0 Å². The predicted octanol–water partition coefficient (Wildman–Crippen LogP) is 2.30. The van der Waals surface area contributed by atoms with Crippen LogP contribution in [0.5, 0.6) is 0 Å². The first-order chi connectivity index (χ1) is 11.5. The summed E-state index contributed by atoms with van der Waals surface area (Å²) in [7, 11) is 1.69. The van der Waals surface area contributed by atoms with Gasteiger partial charge >= 0.3 is 5.97 Å². The minimum atomic E-state index is -0.688. The topological polar surface area (TPSA) is 77.4 Å². The number of ether oxygens (including phenoxy) is 1. The Kier molecular flexibility index (Phi) is 6.08. The van der Waals surface area contributed by atoms with Gasteiger partial charge in [-0.1, -0.05) is 28.1 Å². The zero-order valence-corrected chi connectivity index (χ0v) is 14.4. The third-order valence-electron chi connectivity index (χ3n) is 3.06. The van der Waals surface area contributed by atoms with Crippen molar-refractivity contribution in [2.75, 3.05) is 6.61 Å². The van der Waals surface area contributed by atoms with E-state index in [4.69, 9.17) is 4.74 Å². The summed E-state index contributed by atoms with van der Waals surface area (Å²) in [6.07, 6.45) is 4.48. The van der Waals surface area contributed by atoms with E-state index in [0.717, 1.165) is 10.0 Å². The SMILES string of the molecule is Cn1cccc1C(=O)NC(=O)COC(=O)/C=C/c1ccc(Br)cc1. The number of hydrogen-bond acceptors (Lipinski definition) is 4. The number of halogens is 1. The standard InChI is InChI=1S/C17H15BrN2O4/c1-20-10-2-3-14(20)17(23)19-15(21)11-24-16(22)9-6-12-4-7-13(18)8-5-12/h2-10H,11H2,1H3,(H,19,21,23)/b9-6+. The summed E-state index contributed by atoms with van der Waals surface area (Å²) < 4.78 is 7.30. The third-order valence-corrected chi connectivity index (χ3v) is 3.59. The summed E-state index contributed by atoms with van der Waals surface area (Å²) >= 11 is 3.32. The van der Waals surface area contributed by atoms with Gasteiger partial charge < -0.3 is 9.30 Å². The largest absolute Gasteiger partial charge is 0.452 e. The quantitative estimate of drug-likeness (QED) is 0.627. The monoisotopic (exact) mass is 390 g/mol. The first-order valence-corrected chi connectivity index (χ1v) is 7.81. The second kappa shape index (κ2) is 8.26. The number of nitrogens with zero attached hydrogens (tertiary/aromatic N) is 1. The van der Waals surface area contributed by atoms with Gasteiger partial charge in [-0.2, -0.15) is 0 Å². The van der Waals surface area contributed by atoms with Crippen LogP contribution in [0.15, 0.2) is 53.1 Å². The summed E-state index contributed by atoms with van der Waals surface area (Å²) in [5, 5.41) is 2.15. The number of amides is 2. The lowest BCUT2D eigenvalue weighted by atomic mass is 10.2. The fourth-order valence-corrected chi connectivity index (χ4v) is 2.11. The van der Waals surface area contributed by atoms with E-state index in [1.807, 2.05) is 24.3 Å². The molecule has 6 nitrogen and oxygen atoms in total. The number of aromatic nitrogens is 1. The average molecular weight is 391 g/mol. The Labute approximate surface area is 147 Å². The summed E-state index contributed by atoms with van der Waals surface area (Å²) in [4.78, 5) is 35.0. The Hall–Kier alpha value is -2.67. The molecular formula is C17H15BrN2O4. The van der Waals surface area contributed by atoms with E-state index in [9.17, 15) is 14.4 Å². The molecule has 0 fully saturated rings. The zero-order valence-electron chi connectivity index (χ0n) is 12.9. The van der Waals surface area contributed by atoms with Crippen LogP contribution in [0.2, 0.25) is 0 Å². The molecule has 1 heterocycles. The van der Waals surface area contributed by atoms with Gasteiger partial charge in [0.1, 0.15) is 5.69 Å². The molecule has 1 aromatic heterocycles. The van der Waals surface area contributed by atoms with Gasteiger partial charge in [0.2, 0.25) is 0 Å². The minimum absolute atomic E-state index is 0.338. The van der Waals surface area contributed by atoms with Crippen LogP contribution in [0.3, 0.4) is 0 Å². The van der Waals surface area contributed by atoms with E-state index in [1.165, 1.54) is 6.08 Å². The van der Waals surface area contributed by atoms with Crippen LogP contribution in [0.1, 0.15) is 16.1 Å². The molecule has 0 saturated carbocycles. The van der Waals surface area contributed by atoms with Gasteiger partial charge in [-0.3, -0.25) is 14.9 Å². The fourth-order valence-electron chi connectivity index (χ4n) is 1.85.